The van der Waals surface area contributed by atoms with Crippen LogP contribution in [0.4, 0.5) is 0 Å². The van der Waals surface area contributed by atoms with E-state index in [0.29, 0.717) is 11.8 Å². The van der Waals surface area contributed by atoms with Crippen molar-refractivity contribution in [2.45, 2.75) is 59.4 Å². The van der Waals surface area contributed by atoms with Gasteiger partial charge in [0, 0.05) is 18.0 Å². The summed E-state index contributed by atoms with van der Waals surface area (Å²) in [6, 6.07) is 0.167. The summed E-state index contributed by atoms with van der Waals surface area (Å²) in [6.07, 6.45) is 4.60. The summed E-state index contributed by atoms with van der Waals surface area (Å²) in [4.78, 5) is 25.7. The molecule has 2 aromatic rings. The second kappa shape index (κ2) is 6.51. The Morgan fingerprint density at radius 1 is 1.20 bits per heavy atom. The van der Waals surface area contributed by atoms with E-state index in [0.717, 1.165) is 47.9 Å². The third kappa shape index (κ3) is 3.17. The average molecular weight is 360 g/mol. The first kappa shape index (κ1) is 17.2. The molecule has 4 atom stereocenters. The van der Waals surface area contributed by atoms with Crippen LogP contribution in [-0.2, 0) is 12.8 Å². The van der Waals surface area contributed by atoms with Crippen molar-refractivity contribution in [2.24, 2.45) is 17.8 Å². The van der Waals surface area contributed by atoms with Crippen molar-refractivity contribution >= 4 is 21.6 Å². The summed E-state index contributed by atoms with van der Waals surface area (Å²) in [5.74, 6) is 2.97. The van der Waals surface area contributed by atoms with Crippen LogP contribution in [0.1, 0.15) is 62.8 Å². The molecule has 0 saturated carbocycles. The van der Waals surface area contributed by atoms with Crippen molar-refractivity contribution in [3.63, 3.8) is 0 Å². The lowest BCUT2D eigenvalue weighted by Gasteiger charge is -2.38. The number of hydrogen-bond donors (Lipinski definition) is 1. The zero-order chi connectivity index (χ0) is 17.7. The molecule has 1 saturated heterocycles. The summed E-state index contributed by atoms with van der Waals surface area (Å²) in [6.45, 7) is 11.3. The van der Waals surface area contributed by atoms with Crippen LogP contribution in [0.25, 0.3) is 10.2 Å². The Morgan fingerprint density at radius 3 is 2.64 bits per heavy atom. The fourth-order valence-electron chi connectivity index (χ4n) is 4.76. The molecule has 0 radical (unpaired) electrons. The number of aryl methyl sites for hydroxylation is 1. The molecule has 4 unspecified atom stereocenters. The molecule has 25 heavy (non-hydrogen) atoms. The lowest BCUT2D eigenvalue weighted by Crippen LogP contribution is -2.41. The second-order valence-corrected chi connectivity index (χ2v) is 9.64. The topological polar surface area (TPSA) is 49.0 Å². The summed E-state index contributed by atoms with van der Waals surface area (Å²) in [5, 5.41) is 0.864. The van der Waals surface area contributed by atoms with Gasteiger partial charge in [-0.1, -0.05) is 20.8 Å². The molecular weight excluding hydrogens is 330 g/mol. The summed E-state index contributed by atoms with van der Waals surface area (Å²) in [7, 11) is 0. The first-order chi connectivity index (χ1) is 11.9. The number of aromatic amines is 1. The molecule has 1 fully saturated rings. The van der Waals surface area contributed by atoms with Crippen molar-refractivity contribution in [3.8, 4) is 0 Å². The van der Waals surface area contributed by atoms with Crippen LogP contribution < -0.4 is 5.56 Å². The number of fused-ring (bicyclic) bond motifs is 3. The van der Waals surface area contributed by atoms with Gasteiger partial charge in [0.1, 0.15) is 10.7 Å². The van der Waals surface area contributed by atoms with Gasteiger partial charge in [0.25, 0.3) is 5.56 Å². The molecule has 0 bridgehead atoms. The maximum atomic E-state index is 12.8. The van der Waals surface area contributed by atoms with E-state index in [-0.39, 0.29) is 11.6 Å². The molecule has 1 N–H and O–H groups in total. The number of thiophene rings is 1. The zero-order valence-corrected chi connectivity index (χ0v) is 16.6. The van der Waals surface area contributed by atoms with Crippen molar-refractivity contribution in [1.29, 1.82) is 0 Å². The summed E-state index contributed by atoms with van der Waals surface area (Å²) in [5.41, 5.74) is 1.34. The molecule has 0 amide bonds. The van der Waals surface area contributed by atoms with Crippen molar-refractivity contribution in [1.82, 2.24) is 14.9 Å². The monoisotopic (exact) mass is 359 g/mol. The molecule has 2 aromatic heterocycles. The van der Waals surface area contributed by atoms with E-state index in [1.165, 1.54) is 23.3 Å². The van der Waals surface area contributed by atoms with Crippen molar-refractivity contribution in [2.75, 3.05) is 13.1 Å². The normalized spacial score (nSPS) is 28.9. The highest BCUT2D eigenvalue weighted by Gasteiger charge is 2.28. The van der Waals surface area contributed by atoms with Gasteiger partial charge >= 0.3 is 0 Å². The van der Waals surface area contributed by atoms with E-state index in [2.05, 4.69) is 37.6 Å². The summed E-state index contributed by atoms with van der Waals surface area (Å²) < 4.78 is 0. The Morgan fingerprint density at radius 2 is 1.92 bits per heavy atom. The lowest BCUT2D eigenvalue weighted by atomic mass is 9.89. The largest absolute Gasteiger partial charge is 0.309 e. The number of nitrogens with one attached hydrogen (secondary N) is 1. The SMILES string of the molecule is CC1CCc2c(sc3nc(C(C)N4CC(C)CC(C)C4)[nH]c(=O)c23)C1. The van der Waals surface area contributed by atoms with Crippen LogP contribution in [-0.4, -0.2) is 28.0 Å². The molecule has 1 aliphatic heterocycles. The maximum Gasteiger partial charge on any atom is 0.259 e. The van der Waals surface area contributed by atoms with Crippen LogP contribution in [0.3, 0.4) is 0 Å². The van der Waals surface area contributed by atoms with E-state index < -0.39 is 0 Å². The number of hydrogen-bond acceptors (Lipinski definition) is 4. The molecule has 3 heterocycles. The average Bonchev–Trinajstić information content (AvgIpc) is 2.90. The molecule has 4 nitrogen and oxygen atoms in total. The lowest BCUT2D eigenvalue weighted by molar-refractivity contribution is 0.0992. The molecule has 136 valence electrons. The highest BCUT2D eigenvalue weighted by atomic mass is 32.1. The van der Waals surface area contributed by atoms with Gasteiger partial charge in [-0.05, 0) is 55.9 Å². The number of H-pyrrole nitrogens is 1. The standard InChI is InChI=1S/C20H29N3OS/c1-11-5-6-15-16(8-11)25-20-17(15)19(24)21-18(22-20)14(4)23-9-12(2)7-13(3)10-23/h11-14H,5-10H2,1-4H3,(H,21,22,24). The molecule has 5 heteroatoms. The first-order valence-electron chi connectivity index (χ1n) is 9.70. The van der Waals surface area contributed by atoms with Crippen LogP contribution in [0.2, 0.25) is 0 Å². The van der Waals surface area contributed by atoms with Crippen LogP contribution in [0.5, 0.6) is 0 Å². The van der Waals surface area contributed by atoms with Gasteiger partial charge in [0.2, 0.25) is 0 Å². The summed E-state index contributed by atoms with van der Waals surface area (Å²) >= 11 is 1.75. The van der Waals surface area contributed by atoms with Crippen molar-refractivity contribution in [3.05, 3.63) is 26.6 Å². The molecule has 0 spiro atoms. The zero-order valence-electron chi connectivity index (χ0n) is 15.8. The van der Waals surface area contributed by atoms with E-state index in [4.69, 9.17) is 4.98 Å². The van der Waals surface area contributed by atoms with Gasteiger partial charge in [-0.3, -0.25) is 9.69 Å². The Hall–Kier alpha value is -1.20. The minimum Gasteiger partial charge on any atom is -0.309 e. The predicted octanol–water partition coefficient (Wildman–Crippen LogP) is 4.15. The molecule has 1 aliphatic carbocycles. The van der Waals surface area contributed by atoms with Gasteiger partial charge in [-0.2, -0.15) is 0 Å². The molecule has 0 aromatic carbocycles. The van der Waals surface area contributed by atoms with Crippen molar-refractivity contribution < 1.29 is 0 Å². The fraction of sp³-hybridized carbons (Fsp3) is 0.700. The Bertz CT molecular complexity index is 829. The highest BCUT2D eigenvalue weighted by molar-refractivity contribution is 7.18. The van der Waals surface area contributed by atoms with Crippen LogP contribution in [0, 0.1) is 17.8 Å². The molecule has 2 aliphatic rings. The number of rotatable bonds is 2. The van der Waals surface area contributed by atoms with E-state index in [9.17, 15) is 4.79 Å². The highest BCUT2D eigenvalue weighted by Crippen LogP contribution is 2.36. The predicted molar refractivity (Wildman–Crippen MR) is 104 cm³/mol. The van der Waals surface area contributed by atoms with E-state index in [1.807, 2.05) is 0 Å². The number of likely N-dealkylation sites (tertiary alicyclic amines) is 1. The maximum absolute atomic E-state index is 12.8. The smallest absolute Gasteiger partial charge is 0.259 e. The number of nitrogens with zero attached hydrogens (tertiary/aromatic N) is 2. The Balaban J connectivity index is 1.70. The quantitative estimate of drug-likeness (QED) is 0.876. The van der Waals surface area contributed by atoms with Gasteiger partial charge < -0.3 is 4.98 Å². The Labute approximate surface area is 153 Å². The minimum absolute atomic E-state index is 0.0667. The van der Waals surface area contributed by atoms with Gasteiger partial charge in [-0.15, -0.1) is 11.3 Å². The third-order valence-corrected chi connectivity index (χ3v) is 7.17. The first-order valence-corrected chi connectivity index (χ1v) is 10.5. The number of aromatic nitrogens is 2. The van der Waals surface area contributed by atoms with Crippen LogP contribution in [0.15, 0.2) is 4.79 Å². The van der Waals surface area contributed by atoms with Gasteiger partial charge in [0.15, 0.2) is 0 Å². The second-order valence-electron chi connectivity index (χ2n) is 8.56. The van der Waals surface area contributed by atoms with Gasteiger partial charge in [-0.25, -0.2) is 4.98 Å². The van der Waals surface area contributed by atoms with E-state index >= 15 is 0 Å². The van der Waals surface area contributed by atoms with Crippen LogP contribution >= 0.6 is 11.3 Å². The molecular formula is C20H29N3OS. The third-order valence-electron chi connectivity index (χ3n) is 6.02. The number of piperidine rings is 1. The molecule has 4 rings (SSSR count). The van der Waals surface area contributed by atoms with E-state index in [1.54, 1.807) is 11.3 Å². The van der Waals surface area contributed by atoms with Gasteiger partial charge in [0.05, 0.1) is 11.4 Å². The Kier molecular flexibility index (Phi) is 4.49. The minimum atomic E-state index is 0.0667. The fourth-order valence-corrected chi connectivity index (χ4v) is 6.15.